The zero-order chi connectivity index (χ0) is 22.4. The largest absolute Gasteiger partial charge is 0.508 e. The standard InChI is InChI=1S/C23H20N4O5/c1-2-32-18-8-11(12-5-13(7-14(28)6-12)16-9-17(16)23(30)31)3-4-15(18)20-26-21-19(22(29)27-20)24-10-25-21/h3-8,10,16-17,28H,2,9H2,1H3,(H,30,31)(H2,24,25,26,27,29)/t16-,17+/m1/s1. The Kier molecular flexibility index (Phi) is 4.66. The van der Waals surface area contributed by atoms with Gasteiger partial charge in [0, 0.05) is 0 Å². The van der Waals surface area contributed by atoms with E-state index in [0.717, 1.165) is 16.7 Å². The maximum Gasteiger partial charge on any atom is 0.307 e. The number of aromatic amines is 2. The van der Waals surface area contributed by atoms with Crippen LogP contribution in [-0.2, 0) is 4.79 Å². The van der Waals surface area contributed by atoms with Crippen LogP contribution in [-0.4, -0.2) is 42.7 Å². The molecule has 32 heavy (non-hydrogen) atoms. The summed E-state index contributed by atoms with van der Waals surface area (Å²) in [7, 11) is 0. The number of hydrogen-bond acceptors (Lipinski definition) is 6. The minimum absolute atomic E-state index is 0.0746. The van der Waals surface area contributed by atoms with Crippen molar-refractivity contribution in [2.75, 3.05) is 6.61 Å². The van der Waals surface area contributed by atoms with E-state index in [1.807, 2.05) is 25.1 Å². The number of H-pyrrole nitrogens is 2. The second-order valence-corrected chi connectivity index (χ2v) is 7.76. The number of nitrogens with one attached hydrogen (secondary N) is 2. The molecular weight excluding hydrogens is 412 g/mol. The summed E-state index contributed by atoms with van der Waals surface area (Å²) in [6.07, 6.45) is 1.98. The van der Waals surface area contributed by atoms with Crippen molar-refractivity contribution in [1.82, 2.24) is 19.9 Å². The van der Waals surface area contributed by atoms with Gasteiger partial charge in [-0.15, -0.1) is 0 Å². The molecule has 2 heterocycles. The highest BCUT2D eigenvalue weighted by Gasteiger charge is 2.44. The number of carboxylic acids is 1. The number of carboxylic acid groups (broad SMARTS) is 1. The normalized spacial score (nSPS) is 17.4. The first-order valence-corrected chi connectivity index (χ1v) is 10.2. The summed E-state index contributed by atoms with van der Waals surface area (Å²) in [6.45, 7) is 2.26. The number of nitrogens with zero attached hydrogens (tertiary/aromatic N) is 2. The van der Waals surface area contributed by atoms with Gasteiger partial charge in [0.1, 0.15) is 17.3 Å². The summed E-state index contributed by atoms with van der Waals surface area (Å²) in [5, 5.41) is 19.5. The third-order valence-electron chi connectivity index (χ3n) is 5.64. The van der Waals surface area contributed by atoms with Gasteiger partial charge in [0.25, 0.3) is 5.56 Å². The number of phenolic OH excluding ortho intramolecular Hbond substituents is 1. The lowest BCUT2D eigenvalue weighted by Crippen LogP contribution is -2.10. The van der Waals surface area contributed by atoms with E-state index < -0.39 is 11.9 Å². The molecule has 0 unspecified atom stereocenters. The number of ether oxygens (including phenoxy) is 1. The fourth-order valence-electron chi connectivity index (χ4n) is 3.99. The highest BCUT2D eigenvalue weighted by molar-refractivity contribution is 5.78. The van der Waals surface area contributed by atoms with E-state index in [2.05, 4.69) is 19.9 Å². The van der Waals surface area contributed by atoms with Crippen LogP contribution < -0.4 is 10.3 Å². The number of benzene rings is 2. The second-order valence-electron chi connectivity index (χ2n) is 7.76. The number of rotatable bonds is 6. The van der Waals surface area contributed by atoms with E-state index in [1.165, 1.54) is 6.33 Å². The van der Waals surface area contributed by atoms with Crippen LogP contribution in [0.4, 0.5) is 0 Å². The van der Waals surface area contributed by atoms with Crippen molar-refractivity contribution in [2.24, 2.45) is 5.92 Å². The van der Waals surface area contributed by atoms with Gasteiger partial charge in [-0.2, -0.15) is 0 Å². The Hall–Kier alpha value is -4.14. The number of aromatic nitrogens is 4. The van der Waals surface area contributed by atoms with E-state index in [0.29, 0.717) is 41.3 Å². The molecule has 9 heteroatoms. The summed E-state index contributed by atoms with van der Waals surface area (Å²) in [5.74, 6) is -0.403. The summed E-state index contributed by atoms with van der Waals surface area (Å²) in [5.41, 5.74) is 3.21. The Morgan fingerprint density at radius 3 is 2.81 bits per heavy atom. The molecule has 0 spiro atoms. The average Bonchev–Trinajstić information content (AvgIpc) is 3.44. The molecule has 4 aromatic rings. The Balaban J connectivity index is 1.57. The van der Waals surface area contributed by atoms with Gasteiger partial charge >= 0.3 is 5.97 Å². The summed E-state index contributed by atoms with van der Waals surface area (Å²) in [4.78, 5) is 37.6. The van der Waals surface area contributed by atoms with Crippen molar-refractivity contribution in [3.63, 3.8) is 0 Å². The topological polar surface area (TPSA) is 141 Å². The van der Waals surface area contributed by atoms with Gasteiger partial charge in [-0.1, -0.05) is 12.1 Å². The molecule has 1 aliphatic rings. The van der Waals surface area contributed by atoms with Crippen LogP contribution in [0.15, 0.2) is 47.5 Å². The van der Waals surface area contributed by atoms with Gasteiger partial charge in [0.2, 0.25) is 0 Å². The predicted octanol–water partition coefficient (Wildman–Crippen LogP) is 3.27. The Bertz CT molecular complexity index is 1410. The number of fused-ring (bicyclic) bond motifs is 1. The fourth-order valence-corrected chi connectivity index (χ4v) is 3.99. The smallest absolute Gasteiger partial charge is 0.307 e. The fraction of sp³-hybridized carbons (Fsp3) is 0.217. The van der Waals surface area contributed by atoms with Crippen molar-refractivity contribution in [3.8, 4) is 34.0 Å². The Morgan fingerprint density at radius 2 is 2.06 bits per heavy atom. The van der Waals surface area contributed by atoms with E-state index >= 15 is 0 Å². The first kappa shape index (κ1) is 19.8. The molecule has 2 aromatic heterocycles. The van der Waals surface area contributed by atoms with Gasteiger partial charge in [0.15, 0.2) is 11.2 Å². The van der Waals surface area contributed by atoms with Gasteiger partial charge in [-0.25, -0.2) is 9.97 Å². The van der Waals surface area contributed by atoms with Crippen LogP contribution in [0.25, 0.3) is 33.7 Å². The number of phenols is 1. The molecule has 2 atom stereocenters. The number of aromatic hydroxyl groups is 1. The molecule has 0 saturated heterocycles. The van der Waals surface area contributed by atoms with Gasteiger partial charge in [0.05, 0.1) is 24.4 Å². The first-order valence-electron chi connectivity index (χ1n) is 10.2. The maximum atomic E-state index is 12.3. The van der Waals surface area contributed by atoms with Gasteiger partial charge in [-0.05, 0) is 60.2 Å². The monoisotopic (exact) mass is 432 g/mol. The van der Waals surface area contributed by atoms with Crippen molar-refractivity contribution in [2.45, 2.75) is 19.3 Å². The molecule has 162 valence electrons. The number of imidazole rings is 1. The maximum absolute atomic E-state index is 12.3. The van der Waals surface area contributed by atoms with E-state index in [-0.39, 0.29) is 17.2 Å². The number of carbonyl (C=O) groups is 1. The molecule has 1 fully saturated rings. The summed E-state index contributed by atoms with van der Waals surface area (Å²) >= 11 is 0. The molecule has 0 radical (unpaired) electrons. The van der Waals surface area contributed by atoms with Crippen LogP contribution >= 0.6 is 0 Å². The molecule has 2 aromatic carbocycles. The highest BCUT2D eigenvalue weighted by Crippen LogP contribution is 2.49. The molecule has 5 rings (SSSR count). The van der Waals surface area contributed by atoms with Gasteiger partial charge < -0.3 is 24.9 Å². The molecule has 1 saturated carbocycles. The van der Waals surface area contributed by atoms with Crippen molar-refractivity contribution in [1.29, 1.82) is 0 Å². The first-order chi connectivity index (χ1) is 15.4. The molecular formula is C23H20N4O5. The molecule has 1 aliphatic carbocycles. The SMILES string of the molecule is CCOc1cc(-c2cc(O)cc([C@H]3C[C@@H]3C(=O)O)c2)ccc1-c1nc2nc[nH]c2c(=O)[nH]1. The molecule has 0 aliphatic heterocycles. The summed E-state index contributed by atoms with van der Waals surface area (Å²) in [6, 6.07) is 10.6. The molecule has 4 N–H and O–H groups in total. The Morgan fingerprint density at radius 1 is 1.22 bits per heavy atom. The van der Waals surface area contributed by atoms with Gasteiger partial charge in [-0.3, -0.25) is 9.59 Å². The van der Waals surface area contributed by atoms with E-state index in [1.54, 1.807) is 18.2 Å². The van der Waals surface area contributed by atoms with Crippen LogP contribution in [0.5, 0.6) is 11.5 Å². The van der Waals surface area contributed by atoms with Crippen LogP contribution in [0, 0.1) is 5.92 Å². The minimum Gasteiger partial charge on any atom is -0.508 e. The summed E-state index contributed by atoms with van der Waals surface area (Å²) < 4.78 is 5.83. The predicted molar refractivity (Wildman–Crippen MR) is 117 cm³/mol. The van der Waals surface area contributed by atoms with E-state index in [9.17, 15) is 19.8 Å². The third-order valence-corrected chi connectivity index (χ3v) is 5.64. The van der Waals surface area contributed by atoms with E-state index in [4.69, 9.17) is 4.74 Å². The highest BCUT2D eigenvalue weighted by atomic mass is 16.5. The third kappa shape index (κ3) is 3.47. The molecule has 0 bridgehead atoms. The lowest BCUT2D eigenvalue weighted by atomic mass is 9.98. The second kappa shape index (κ2) is 7.52. The van der Waals surface area contributed by atoms with Crippen molar-refractivity contribution in [3.05, 3.63) is 58.6 Å². The van der Waals surface area contributed by atoms with Crippen LogP contribution in [0.2, 0.25) is 0 Å². The zero-order valence-electron chi connectivity index (χ0n) is 17.1. The number of hydrogen-bond donors (Lipinski definition) is 4. The number of aliphatic carboxylic acids is 1. The molecule has 0 amide bonds. The lowest BCUT2D eigenvalue weighted by molar-refractivity contribution is -0.138. The quantitative estimate of drug-likeness (QED) is 0.366. The van der Waals surface area contributed by atoms with Crippen molar-refractivity contribution < 1.29 is 19.7 Å². The average molecular weight is 432 g/mol. The van der Waals surface area contributed by atoms with Crippen molar-refractivity contribution >= 4 is 17.1 Å². The minimum atomic E-state index is -0.821. The Labute approximate surface area is 181 Å². The zero-order valence-corrected chi connectivity index (χ0v) is 17.1. The molecule has 9 nitrogen and oxygen atoms in total. The van der Waals surface area contributed by atoms with Crippen LogP contribution in [0.3, 0.4) is 0 Å². The lowest BCUT2D eigenvalue weighted by Gasteiger charge is -2.13. The van der Waals surface area contributed by atoms with Crippen LogP contribution in [0.1, 0.15) is 24.8 Å².